The molecule has 2 aromatic rings. The summed E-state index contributed by atoms with van der Waals surface area (Å²) in [6.45, 7) is 3.61. The minimum atomic E-state index is -0.249. The SMILES string of the molecule is C=CCc1nc2ccc(F)cc2[nH]1. The van der Waals surface area contributed by atoms with E-state index in [0.717, 1.165) is 16.9 Å². The van der Waals surface area contributed by atoms with Crippen molar-refractivity contribution in [2.75, 3.05) is 0 Å². The molecule has 2 nitrogen and oxygen atoms in total. The van der Waals surface area contributed by atoms with Crippen LogP contribution in [0.4, 0.5) is 4.39 Å². The number of nitrogens with one attached hydrogen (secondary N) is 1. The van der Waals surface area contributed by atoms with Crippen molar-refractivity contribution < 1.29 is 4.39 Å². The van der Waals surface area contributed by atoms with Crippen LogP contribution in [0.5, 0.6) is 0 Å². The number of allylic oxidation sites excluding steroid dienone is 1. The highest BCUT2D eigenvalue weighted by Crippen LogP contribution is 2.12. The Morgan fingerprint density at radius 2 is 2.38 bits per heavy atom. The van der Waals surface area contributed by atoms with E-state index >= 15 is 0 Å². The lowest BCUT2D eigenvalue weighted by molar-refractivity contribution is 0.629. The number of aromatic amines is 1. The molecule has 0 aliphatic rings. The fourth-order valence-corrected chi connectivity index (χ4v) is 1.27. The predicted octanol–water partition coefficient (Wildman–Crippen LogP) is 2.43. The average Bonchev–Trinajstić information content (AvgIpc) is 2.46. The third-order valence-corrected chi connectivity index (χ3v) is 1.83. The highest BCUT2D eigenvalue weighted by Gasteiger charge is 2.01. The lowest BCUT2D eigenvalue weighted by Crippen LogP contribution is -1.81. The summed E-state index contributed by atoms with van der Waals surface area (Å²) in [6.07, 6.45) is 2.43. The second-order valence-corrected chi connectivity index (χ2v) is 2.84. The Balaban J connectivity index is 2.55. The molecule has 2 rings (SSSR count). The highest BCUT2D eigenvalue weighted by molar-refractivity contribution is 5.74. The van der Waals surface area contributed by atoms with E-state index in [2.05, 4.69) is 16.5 Å². The van der Waals surface area contributed by atoms with Gasteiger partial charge in [0.15, 0.2) is 0 Å². The first-order chi connectivity index (χ1) is 6.29. The Morgan fingerprint density at radius 3 is 3.15 bits per heavy atom. The van der Waals surface area contributed by atoms with Crippen molar-refractivity contribution in [3.63, 3.8) is 0 Å². The Kier molecular flexibility index (Phi) is 1.85. The van der Waals surface area contributed by atoms with Gasteiger partial charge in [-0.15, -0.1) is 6.58 Å². The summed E-state index contributed by atoms with van der Waals surface area (Å²) < 4.78 is 12.8. The summed E-state index contributed by atoms with van der Waals surface area (Å²) in [7, 11) is 0. The number of nitrogens with zero attached hydrogens (tertiary/aromatic N) is 1. The van der Waals surface area contributed by atoms with Crippen LogP contribution in [-0.2, 0) is 6.42 Å². The highest BCUT2D eigenvalue weighted by atomic mass is 19.1. The predicted molar refractivity (Wildman–Crippen MR) is 50.0 cm³/mol. The van der Waals surface area contributed by atoms with Gasteiger partial charge in [0.25, 0.3) is 0 Å². The monoisotopic (exact) mass is 176 g/mol. The molecule has 0 aliphatic heterocycles. The third-order valence-electron chi connectivity index (χ3n) is 1.83. The number of hydrogen-bond acceptors (Lipinski definition) is 1. The van der Waals surface area contributed by atoms with Gasteiger partial charge < -0.3 is 4.98 Å². The Bertz CT molecular complexity index is 445. The van der Waals surface area contributed by atoms with Crippen molar-refractivity contribution >= 4 is 11.0 Å². The molecular formula is C10H9FN2. The average molecular weight is 176 g/mol. The van der Waals surface area contributed by atoms with Crippen molar-refractivity contribution in [3.8, 4) is 0 Å². The molecule has 13 heavy (non-hydrogen) atoms. The number of imidazole rings is 1. The maximum Gasteiger partial charge on any atom is 0.125 e. The summed E-state index contributed by atoms with van der Waals surface area (Å²) in [5, 5.41) is 0. The van der Waals surface area contributed by atoms with Crippen molar-refractivity contribution in [1.82, 2.24) is 9.97 Å². The van der Waals surface area contributed by atoms with E-state index in [1.54, 1.807) is 12.1 Å². The maximum absolute atomic E-state index is 12.8. The van der Waals surface area contributed by atoms with Gasteiger partial charge >= 0.3 is 0 Å². The summed E-state index contributed by atoms with van der Waals surface area (Å²) in [4.78, 5) is 7.27. The number of rotatable bonds is 2. The van der Waals surface area contributed by atoms with Gasteiger partial charge in [0.05, 0.1) is 11.0 Å². The normalized spacial score (nSPS) is 10.5. The van der Waals surface area contributed by atoms with Crippen LogP contribution in [-0.4, -0.2) is 9.97 Å². The summed E-state index contributed by atoms with van der Waals surface area (Å²) >= 11 is 0. The van der Waals surface area contributed by atoms with Crippen LogP contribution in [0, 0.1) is 5.82 Å². The zero-order valence-corrected chi connectivity index (χ0v) is 7.05. The van der Waals surface area contributed by atoms with E-state index in [0.29, 0.717) is 6.42 Å². The van der Waals surface area contributed by atoms with E-state index < -0.39 is 0 Å². The second-order valence-electron chi connectivity index (χ2n) is 2.84. The quantitative estimate of drug-likeness (QED) is 0.699. The molecule has 0 amide bonds. The fraction of sp³-hybridized carbons (Fsp3) is 0.100. The number of H-pyrrole nitrogens is 1. The number of fused-ring (bicyclic) bond motifs is 1. The lowest BCUT2D eigenvalue weighted by atomic mass is 10.3. The van der Waals surface area contributed by atoms with Crippen LogP contribution in [0.3, 0.4) is 0 Å². The summed E-state index contributed by atoms with van der Waals surface area (Å²) in [5.74, 6) is 0.567. The van der Waals surface area contributed by atoms with Crippen molar-refractivity contribution in [1.29, 1.82) is 0 Å². The third kappa shape index (κ3) is 1.45. The molecule has 0 spiro atoms. The van der Waals surface area contributed by atoms with Gasteiger partial charge in [-0.1, -0.05) is 6.08 Å². The smallest absolute Gasteiger partial charge is 0.125 e. The number of aromatic nitrogens is 2. The van der Waals surface area contributed by atoms with E-state index in [-0.39, 0.29) is 5.82 Å². The maximum atomic E-state index is 12.8. The van der Waals surface area contributed by atoms with Crippen LogP contribution < -0.4 is 0 Å². The van der Waals surface area contributed by atoms with E-state index in [4.69, 9.17) is 0 Å². The molecule has 0 radical (unpaired) electrons. The van der Waals surface area contributed by atoms with Gasteiger partial charge in [0, 0.05) is 6.42 Å². The molecule has 0 atom stereocenters. The van der Waals surface area contributed by atoms with E-state index in [1.165, 1.54) is 12.1 Å². The van der Waals surface area contributed by atoms with Gasteiger partial charge in [0.1, 0.15) is 11.6 Å². The molecule has 0 saturated heterocycles. The Hall–Kier alpha value is -1.64. The Labute approximate surface area is 75.1 Å². The topological polar surface area (TPSA) is 28.7 Å². The standard InChI is InChI=1S/C10H9FN2/c1-2-3-10-12-8-5-4-7(11)6-9(8)13-10/h2,4-6H,1,3H2,(H,12,13). The van der Waals surface area contributed by atoms with Gasteiger partial charge in [-0.25, -0.2) is 9.37 Å². The zero-order chi connectivity index (χ0) is 9.26. The van der Waals surface area contributed by atoms with Gasteiger partial charge in [-0.05, 0) is 18.2 Å². The van der Waals surface area contributed by atoms with Crippen molar-refractivity contribution in [2.45, 2.75) is 6.42 Å². The van der Waals surface area contributed by atoms with Crippen LogP contribution >= 0.6 is 0 Å². The Morgan fingerprint density at radius 1 is 1.54 bits per heavy atom. The van der Waals surface area contributed by atoms with Crippen LogP contribution in [0.25, 0.3) is 11.0 Å². The first kappa shape index (κ1) is 7.98. The number of benzene rings is 1. The molecule has 1 N–H and O–H groups in total. The van der Waals surface area contributed by atoms with E-state index in [9.17, 15) is 4.39 Å². The van der Waals surface area contributed by atoms with Gasteiger partial charge in [-0.3, -0.25) is 0 Å². The van der Waals surface area contributed by atoms with Crippen LogP contribution in [0.1, 0.15) is 5.82 Å². The van der Waals surface area contributed by atoms with Gasteiger partial charge in [-0.2, -0.15) is 0 Å². The molecule has 3 heteroatoms. The minimum absolute atomic E-state index is 0.249. The first-order valence-electron chi connectivity index (χ1n) is 4.04. The molecule has 0 aliphatic carbocycles. The van der Waals surface area contributed by atoms with Crippen LogP contribution in [0.2, 0.25) is 0 Å². The molecule has 66 valence electrons. The van der Waals surface area contributed by atoms with Crippen molar-refractivity contribution in [2.24, 2.45) is 0 Å². The molecule has 0 unspecified atom stereocenters. The lowest BCUT2D eigenvalue weighted by Gasteiger charge is -1.86. The largest absolute Gasteiger partial charge is 0.342 e. The number of hydrogen-bond donors (Lipinski definition) is 1. The fourth-order valence-electron chi connectivity index (χ4n) is 1.27. The molecule has 0 bridgehead atoms. The molecule has 0 fully saturated rings. The summed E-state index contributed by atoms with van der Waals surface area (Å²) in [6, 6.07) is 4.50. The minimum Gasteiger partial charge on any atom is -0.342 e. The number of halogens is 1. The first-order valence-corrected chi connectivity index (χ1v) is 4.04. The molecule has 1 heterocycles. The van der Waals surface area contributed by atoms with Crippen LogP contribution in [0.15, 0.2) is 30.9 Å². The molecule has 1 aromatic heterocycles. The van der Waals surface area contributed by atoms with Crippen molar-refractivity contribution in [3.05, 3.63) is 42.5 Å². The van der Waals surface area contributed by atoms with Gasteiger partial charge in [0.2, 0.25) is 0 Å². The summed E-state index contributed by atoms with van der Waals surface area (Å²) in [5.41, 5.74) is 1.52. The molecule has 1 aromatic carbocycles. The molecular weight excluding hydrogens is 167 g/mol. The molecule has 0 saturated carbocycles. The zero-order valence-electron chi connectivity index (χ0n) is 7.05. The van der Waals surface area contributed by atoms with E-state index in [1.807, 2.05) is 0 Å². The second kappa shape index (κ2) is 3.01.